The molecule has 0 aliphatic rings. The molecule has 2 amide bonds. The van der Waals surface area contributed by atoms with Crippen molar-refractivity contribution in [3.05, 3.63) is 95.6 Å². The molecular weight excluding hydrogens is 490 g/mol. The van der Waals surface area contributed by atoms with Crippen molar-refractivity contribution in [2.75, 3.05) is 31.3 Å². The van der Waals surface area contributed by atoms with Crippen LogP contribution in [-0.4, -0.2) is 58.1 Å². The second-order valence-electron chi connectivity index (χ2n) is 8.80. The van der Waals surface area contributed by atoms with E-state index in [1.165, 1.54) is 11.9 Å². The first-order chi connectivity index (χ1) is 17.6. The molecular formula is C28H33N3O5S. The van der Waals surface area contributed by atoms with Gasteiger partial charge in [0.1, 0.15) is 18.3 Å². The number of carbonyl (C=O) groups is 2. The number of rotatable bonds is 11. The van der Waals surface area contributed by atoms with Crippen LogP contribution in [-0.2, 0) is 32.6 Å². The standard InChI is InChI=1S/C28H33N3O5S/c1-21-13-15-24(16-14-21)31(37(4,34)35)20-27(32)30(19-23-11-8-12-25(17-23)36-3)26(28(33)29-2)18-22-9-6-5-7-10-22/h5-17,26H,18-20H2,1-4H3,(H,29,33)/t26-/m0/s1. The lowest BCUT2D eigenvalue weighted by Gasteiger charge is -2.33. The molecule has 196 valence electrons. The monoisotopic (exact) mass is 523 g/mol. The van der Waals surface area contributed by atoms with Crippen molar-refractivity contribution in [2.45, 2.75) is 25.9 Å². The molecule has 0 heterocycles. The van der Waals surface area contributed by atoms with Gasteiger partial charge in [-0.3, -0.25) is 13.9 Å². The number of amides is 2. The summed E-state index contributed by atoms with van der Waals surface area (Å²) in [6.45, 7) is 1.54. The minimum Gasteiger partial charge on any atom is -0.497 e. The predicted molar refractivity (Wildman–Crippen MR) is 145 cm³/mol. The molecule has 0 aromatic heterocycles. The summed E-state index contributed by atoms with van der Waals surface area (Å²) in [5.74, 6) is -0.235. The van der Waals surface area contributed by atoms with E-state index in [-0.39, 0.29) is 18.9 Å². The maximum Gasteiger partial charge on any atom is 0.244 e. The summed E-state index contributed by atoms with van der Waals surface area (Å²) in [7, 11) is -0.719. The molecule has 0 aliphatic carbocycles. The van der Waals surface area contributed by atoms with Gasteiger partial charge in [-0.2, -0.15) is 0 Å². The number of anilines is 1. The fourth-order valence-electron chi connectivity index (χ4n) is 4.01. The zero-order chi connectivity index (χ0) is 27.0. The lowest BCUT2D eigenvalue weighted by Crippen LogP contribution is -2.52. The molecule has 0 unspecified atom stereocenters. The summed E-state index contributed by atoms with van der Waals surface area (Å²) in [5.41, 5.74) is 2.96. The average Bonchev–Trinajstić information content (AvgIpc) is 2.89. The van der Waals surface area contributed by atoms with Gasteiger partial charge in [0.15, 0.2) is 0 Å². The molecule has 0 spiro atoms. The lowest BCUT2D eigenvalue weighted by atomic mass is 10.0. The van der Waals surface area contributed by atoms with Crippen molar-refractivity contribution in [1.82, 2.24) is 10.2 Å². The summed E-state index contributed by atoms with van der Waals surface area (Å²) in [6.07, 6.45) is 1.33. The summed E-state index contributed by atoms with van der Waals surface area (Å²) in [5, 5.41) is 2.66. The molecule has 0 radical (unpaired) electrons. The Balaban J connectivity index is 2.02. The predicted octanol–water partition coefficient (Wildman–Crippen LogP) is 3.16. The molecule has 8 nitrogen and oxygen atoms in total. The molecule has 3 rings (SSSR count). The molecule has 37 heavy (non-hydrogen) atoms. The normalized spacial score (nSPS) is 11.9. The number of sulfonamides is 1. The Morgan fingerprint density at radius 1 is 0.946 bits per heavy atom. The molecule has 3 aromatic rings. The number of methoxy groups -OCH3 is 1. The molecule has 1 N–H and O–H groups in total. The molecule has 0 aliphatic heterocycles. The van der Waals surface area contributed by atoms with Gasteiger partial charge in [0.25, 0.3) is 0 Å². The summed E-state index contributed by atoms with van der Waals surface area (Å²) in [4.78, 5) is 28.4. The SMILES string of the molecule is CNC(=O)[C@H](Cc1ccccc1)N(Cc1cccc(OC)c1)C(=O)CN(c1ccc(C)cc1)S(C)(=O)=O. The Morgan fingerprint density at radius 2 is 1.59 bits per heavy atom. The van der Waals surface area contributed by atoms with Crippen LogP contribution >= 0.6 is 0 Å². The highest BCUT2D eigenvalue weighted by Crippen LogP contribution is 2.22. The van der Waals surface area contributed by atoms with E-state index >= 15 is 0 Å². The number of aryl methyl sites for hydroxylation is 1. The van der Waals surface area contributed by atoms with Gasteiger partial charge >= 0.3 is 0 Å². The van der Waals surface area contributed by atoms with Crippen LogP contribution in [0, 0.1) is 6.92 Å². The van der Waals surface area contributed by atoms with Crippen LogP contribution in [0.15, 0.2) is 78.9 Å². The first-order valence-electron chi connectivity index (χ1n) is 11.8. The van der Waals surface area contributed by atoms with Crippen LogP contribution in [0.2, 0.25) is 0 Å². The number of benzene rings is 3. The van der Waals surface area contributed by atoms with E-state index in [9.17, 15) is 18.0 Å². The summed E-state index contributed by atoms with van der Waals surface area (Å²) >= 11 is 0. The van der Waals surface area contributed by atoms with Gasteiger partial charge in [-0.05, 0) is 42.3 Å². The largest absolute Gasteiger partial charge is 0.497 e. The Kier molecular flexibility index (Phi) is 9.30. The maximum absolute atomic E-state index is 13.9. The Bertz CT molecular complexity index is 1310. The van der Waals surface area contributed by atoms with E-state index in [2.05, 4.69) is 5.32 Å². The number of nitrogens with zero attached hydrogens (tertiary/aromatic N) is 2. The molecule has 9 heteroatoms. The second-order valence-corrected chi connectivity index (χ2v) is 10.7. The summed E-state index contributed by atoms with van der Waals surface area (Å²) < 4.78 is 31.8. The molecule has 1 atom stereocenters. The smallest absolute Gasteiger partial charge is 0.244 e. The van der Waals surface area contributed by atoms with Crippen LogP contribution in [0.1, 0.15) is 16.7 Å². The van der Waals surface area contributed by atoms with Crippen molar-refractivity contribution in [1.29, 1.82) is 0 Å². The fourth-order valence-corrected chi connectivity index (χ4v) is 4.86. The van der Waals surface area contributed by atoms with Crippen LogP contribution in [0.3, 0.4) is 0 Å². The van der Waals surface area contributed by atoms with E-state index in [1.807, 2.05) is 43.3 Å². The lowest BCUT2D eigenvalue weighted by molar-refractivity contribution is -0.139. The molecule has 3 aromatic carbocycles. The number of ether oxygens (including phenoxy) is 1. The first-order valence-corrected chi connectivity index (χ1v) is 13.7. The van der Waals surface area contributed by atoms with Gasteiger partial charge in [0, 0.05) is 20.0 Å². The highest BCUT2D eigenvalue weighted by molar-refractivity contribution is 7.92. The summed E-state index contributed by atoms with van der Waals surface area (Å²) in [6, 6.07) is 22.6. The Hall–Kier alpha value is -3.85. The van der Waals surface area contributed by atoms with Gasteiger partial charge in [0.05, 0.1) is 19.1 Å². The van der Waals surface area contributed by atoms with Crippen molar-refractivity contribution in [3.8, 4) is 5.75 Å². The van der Waals surface area contributed by atoms with Gasteiger partial charge in [-0.25, -0.2) is 8.42 Å². The third-order valence-electron chi connectivity index (χ3n) is 6.01. The van der Waals surface area contributed by atoms with Crippen molar-refractivity contribution in [3.63, 3.8) is 0 Å². The van der Waals surface area contributed by atoms with Crippen LogP contribution in [0.5, 0.6) is 5.75 Å². The molecule has 0 saturated carbocycles. The van der Waals surface area contributed by atoms with Crippen LogP contribution in [0.25, 0.3) is 0 Å². The Morgan fingerprint density at radius 3 is 2.19 bits per heavy atom. The zero-order valence-corrected chi connectivity index (χ0v) is 22.4. The highest BCUT2D eigenvalue weighted by Gasteiger charge is 2.32. The van der Waals surface area contributed by atoms with Crippen LogP contribution in [0.4, 0.5) is 5.69 Å². The number of nitrogens with one attached hydrogen (secondary N) is 1. The van der Waals surface area contributed by atoms with E-state index < -0.39 is 28.5 Å². The van der Waals surface area contributed by atoms with Gasteiger partial charge < -0.3 is 15.0 Å². The van der Waals surface area contributed by atoms with Crippen molar-refractivity contribution >= 4 is 27.5 Å². The number of likely N-dealkylation sites (N-methyl/N-ethyl adjacent to an activating group) is 1. The minimum absolute atomic E-state index is 0.0897. The van der Waals surface area contributed by atoms with E-state index in [4.69, 9.17) is 4.74 Å². The van der Waals surface area contributed by atoms with Crippen molar-refractivity contribution < 1.29 is 22.7 Å². The third kappa shape index (κ3) is 7.57. The number of carbonyl (C=O) groups excluding carboxylic acids is 2. The molecule has 0 fully saturated rings. The highest BCUT2D eigenvalue weighted by atomic mass is 32.2. The minimum atomic E-state index is -3.79. The third-order valence-corrected chi connectivity index (χ3v) is 7.15. The Labute approximate surface area is 218 Å². The van der Waals surface area contributed by atoms with E-state index in [0.29, 0.717) is 11.4 Å². The zero-order valence-electron chi connectivity index (χ0n) is 21.5. The van der Waals surface area contributed by atoms with Gasteiger partial charge in [-0.15, -0.1) is 0 Å². The maximum atomic E-state index is 13.9. The van der Waals surface area contributed by atoms with Gasteiger partial charge in [0.2, 0.25) is 21.8 Å². The topological polar surface area (TPSA) is 96.0 Å². The first kappa shape index (κ1) is 27.7. The van der Waals surface area contributed by atoms with E-state index in [0.717, 1.165) is 27.3 Å². The van der Waals surface area contributed by atoms with E-state index in [1.54, 1.807) is 49.6 Å². The van der Waals surface area contributed by atoms with Crippen molar-refractivity contribution in [2.24, 2.45) is 0 Å². The average molecular weight is 524 g/mol. The number of hydrogen-bond acceptors (Lipinski definition) is 5. The molecule has 0 bridgehead atoms. The second kappa shape index (κ2) is 12.4. The van der Waals surface area contributed by atoms with Crippen LogP contribution < -0.4 is 14.4 Å². The number of hydrogen-bond donors (Lipinski definition) is 1. The fraction of sp³-hybridized carbons (Fsp3) is 0.286. The van der Waals surface area contributed by atoms with Gasteiger partial charge in [-0.1, -0.05) is 60.2 Å². The quantitative estimate of drug-likeness (QED) is 0.417. The molecule has 0 saturated heterocycles.